The van der Waals surface area contributed by atoms with Crippen LogP contribution in [0.15, 0.2) is 41.3 Å². The Bertz CT molecular complexity index is 1030. The molecule has 30 heavy (non-hydrogen) atoms. The van der Waals surface area contributed by atoms with Gasteiger partial charge in [0.1, 0.15) is 5.75 Å². The molecule has 0 radical (unpaired) electrons. The number of amides is 1. The summed E-state index contributed by atoms with van der Waals surface area (Å²) < 4.78 is 12.0. The van der Waals surface area contributed by atoms with E-state index in [2.05, 4.69) is 0 Å². The molecule has 1 atom stereocenters. The van der Waals surface area contributed by atoms with E-state index in [0.717, 1.165) is 45.9 Å². The number of fused-ring (bicyclic) bond motifs is 1. The van der Waals surface area contributed by atoms with Crippen molar-refractivity contribution in [2.45, 2.75) is 30.8 Å². The number of anilines is 1. The molecule has 1 fully saturated rings. The van der Waals surface area contributed by atoms with E-state index >= 15 is 0 Å². The monoisotopic (exact) mass is 462 g/mol. The highest BCUT2D eigenvalue weighted by molar-refractivity contribution is 8.00. The van der Waals surface area contributed by atoms with Gasteiger partial charge in [0.25, 0.3) is 0 Å². The molecule has 1 aromatic heterocycles. The average Bonchev–Trinajstić information content (AvgIpc) is 3.40. The van der Waals surface area contributed by atoms with Gasteiger partial charge >= 0.3 is 0 Å². The molecule has 1 aliphatic rings. The number of rotatable bonds is 7. The average molecular weight is 463 g/mol. The lowest BCUT2D eigenvalue weighted by Gasteiger charge is -2.23. The van der Waals surface area contributed by atoms with Gasteiger partial charge in [-0.1, -0.05) is 22.9 Å². The van der Waals surface area contributed by atoms with Crippen LogP contribution in [0.5, 0.6) is 5.75 Å². The van der Waals surface area contributed by atoms with E-state index in [1.165, 1.54) is 23.1 Å². The maximum absolute atomic E-state index is 13.2. The van der Waals surface area contributed by atoms with Crippen LogP contribution in [0, 0.1) is 6.92 Å². The molecule has 0 N–H and O–H groups in total. The van der Waals surface area contributed by atoms with Crippen LogP contribution < -0.4 is 9.64 Å². The molecule has 1 aliphatic heterocycles. The zero-order valence-electron chi connectivity index (χ0n) is 16.9. The second-order valence-electron chi connectivity index (χ2n) is 7.17. The van der Waals surface area contributed by atoms with Crippen LogP contribution >= 0.6 is 34.7 Å². The van der Waals surface area contributed by atoms with Gasteiger partial charge in [-0.2, -0.15) is 0 Å². The number of thioether (sulfide) groups is 1. The van der Waals surface area contributed by atoms with Crippen molar-refractivity contribution in [2.24, 2.45) is 0 Å². The highest BCUT2D eigenvalue weighted by Gasteiger charge is 2.26. The molecule has 1 saturated heterocycles. The van der Waals surface area contributed by atoms with E-state index in [1.807, 2.05) is 43.3 Å². The number of carbonyl (C=O) groups is 1. The summed E-state index contributed by atoms with van der Waals surface area (Å²) in [5.41, 5.74) is 1.91. The van der Waals surface area contributed by atoms with Crippen LogP contribution in [0.1, 0.15) is 18.4 Å². The predicted octanol–water partition coefficient (Wildman–Crippen LogP) is 5.57. The van der Waals surface area contributed by atoms with Crippen molar-refractivity contribution < 1.29 is 14.3 Å². The number of benzene rings is 2. The lowest BCUT2D eigenvalue weighted by atomic mass is 10.2. The Morgan fingerprint density at radius 1 is 1.37 bits per heavy atom. The summed E-state index contributed by atoms with van der Waals surface area (Å²) in [4.78, 5) is 20.8. The molecule has 3 aromatic rings. The van der Waals surface area contributed by atoms with Gasteiger partial charge < -0.3 is 9.47 Å². The Balaban J connectivity index is 1.55. The fourth-order valence-electron chi connectivity index (χ4n) is 3.43. The molecule has 1 amide bonds. The number of hydrogen-bond donors (Lipinski definition) is 0. The first-order chi connectivity index (χ1) is 14.5. The number of hydrogen-bond acceptors (Lipinski definition) is 6. The predicted molar refractivity (Wildman–Crippen MR) is 124 cm³/mol. The summed E-state index contributed by atoms with van der Waals surface area (Å²) >= 11 is 9.23. The standard InChI is InChI=1S/C22H23ClN2O3S2/c1-14-10-15(23)11-19-21(14)24-22(30-19)25(12-17-4-3-9-28-17)20(26)13-29-18-7-5-16(27-2)6-8-18/h5-8,10-11,17H,3-4,9,12-13H2,1-2H3. The Labute approximate surface area is 189 Å². The minimum atomic E-state index is 0.0223. The van der Waals surface area contributed by atoms with Gasteiger partial charge in [-0.05, 0) is 61.7 Å². The van der Waals surface area contributed by atoms with Crippen molar-refractivity contribution in [3.8, 4) is 5.75 Å². The second-order valence-corrected chi connectivity index (χ2v) is 9.66. The first kappa shape index (κ1) is 21.4. The van der Waals surface area contributed by atoms with Gasteiger partial charge in [0.2, 0.25) is 5.91 Å². The zero-order chi connectivity index (χ0) is 21.1. The van der Waals surface area contributed by atoms with Gasteiger partial charge in [0.15, 0.2) is 5.13 Å². The molecular formula is C22H23ClN2O3S2. The lowest BCUT2D eigenvalue weighted by Crippen LogP contribution is -2.38. The number of aromatic nitrogens is 1. The van der Waals surface area contributed by atoms with Crippen LogP contribution in [-0.4, -0.2) is 43.0 Å². The van der Waals surface area contributed by atoms with Crippen LogP contribution in [0.25, 0.3) is 10.2 Å². The number of ether oxygens (including phenoxy) is 2. The molecule has 1 unspecified atom stereocenters. The van der Waals surface area contributed by atoms with Crippen molar-refractivity contribution in [1.82, 2.24) is 4.98 Å². The van der Waals surface area contributed by atoms with Gasteiger partial charge in [0, 0.05) is 16.5 Å². The minimum absolute atomic E-state index is 0.0223. The maximum atomic E-state index is 13.2. The number of thiazole rings is 1. The molecule has 0 spiro atoms. The normalized spacial score (nSPS) is 16.2. The molecule has 8 heteroatoms. The molecule has 0 aliphatic carbocycles. The van der Waals surface area contributed by atoms with E-state index < -0.39 is 0 Å². The fraction of sp³-hybridized carbons (Fsp3) is 0.364. The van der Waals surface area contributed by atoms with E-state index in [4.69, 9.17) is 26.1 Å². The quantitative estimate of drug-likeness (QED) is 0.429. The molecule has 2 heterocycles. The summed E-state index contributed by atoms with van der Waals surface area (Å²) in [6, 6.07) is 11.5. The summed E-state index contributed by atoms with van der Waals surface area (Å²) in [7, 11) is 1.64. The molecule has 2 aromatic carbocycles. The van der Waals surface area contributed by atoms with Gasteiger partial charge in [0.05, 0.1) is 35.7 Å². The van der Waals surface area contributed by atoms with Gasteiger partial charge in [-0.25, -0.2) is 4.98 Å². The number of methoxy groups -OCH3 is 1. The zero-order valence-corrected chi connectivity index (χ0v) is 19.3. The molecule has 0 bridgehead atoms. The summed E-state index contributed by atoms with van der Waals surface area (Å²) in [6.07, 6.45) is 2.05. The maximum Gasteiger partial charge on any atom is 0.239 e. The molecule has 4 rings (SSSR count). The highest BCUT2D eigenvalue weighted by Crippen LogP contribution is 2.34. The number of nitrogens with zero attached hydrogens (tertiary/aromatic N) is 2. The minimum Gasteiger partial charge on any atom is -0.497 e. The number of aryl methyl sites for hydroxylation is 1. The molecule has 5 nitrogen and oxygen atoms in total. The summed E-state index contributed by atoms with van der Waals surface area (Å²) in [5.74, 6) is 1.15. The summed E-state index contributed by atoms with van der Waals surface area (Å²) in [6.45, 7) is 3.26. The summed E-state index contributed by atoms with van der Waals surface area (Å²) in [5, 5.41) is 1.38. The SMILES string of the molecule is COc1ccc(SCC(=O)N(CC2CCCO2)c2nc3c(C)cc(Cl)cc3s2)cc1. The van der Waals surface area contributed by atoms with Crippen molar-refractivity contribution in [3.63, 3.8) is 0 Å². The van der Waals surface area contributed by atoms with Crippen molar-refractivity contribution in [1.29, 1.82) is 0 Å². The second kappa shape index (κ2) is 9.56. The third-order valence-electron chi connectivity index (χ3n) is 5.00. The van der Waals surface area contributed by atoms with Crippen LogP contribution in [-0.2, 0) is 9.53 Å². The molecular weight excluding hydrogens is 440 g/mol. The van der Waals surface area contributed by atoms with E-state index in [0.29, 0.717) is 22.5 Å². The molecule has 0 saturated carbocycles. The third-order valence-corrected chi connectivity index (χ3v) is 7.24. The van der Waals surface area contributed by atoms with Gasteiger partial charge in [-0.15, -0.1) is 11.8 Å². The van der Waals surface area contributed by atoms with Crippen molar-refractivity contribution in [2.75, 3.05) is 30.9 Å². The van der Waals surface area contributed by atoms with Crippen LogP contribution in [0.2, 0.25) is 5.02 Å². The van der Waals surface area contributed by atoms with Gasteiger partial charge in [-0.3, -0.25) is 9.69 Å². The Morgan fingerprint density at radius 2 is 2.17 bits per heavy atom. The fourth-order valence-corrected chi connectivity index (χ4v) is 5.65. The topological polar surface area (TPSA) is 51.7 Å². The first-order valence-corrected chi connectivity index (χ1v) is 12.0. The van der Waals surface area contributed by atoms with Crippen molar-refractivity contribution >= 4 is 56.0 Å². The lowest BCUT2D eigenvalue weighted by molar-refractivity contribution is -0.116. The van der Waals surface area contributed by atoms with Crippen LogP contribution in [0.3, 0.4) is 0 Å². The van der Waals surface area contributed by atoms with E-state index in [-0.39, 0.29) is 12.0 Å². The third kappa shape index (κ3) is 4.91. The Hall–Kier alpha value is -1.80. The highest BCUT2D eigenvalue weighted by atomic mass is 35.5. The largest absolute Gasteiger partial charge is 0.497 e. The Kier molecular flexibility index (Phi) is 6.83. The Morgan fingerprint density at radius 3 is 2.87 bits per heavy atom. The number of halogens is 1. The smallest absolute Gasteiger partial charge is 0.239 e. The molecule has 158 valence electrons. The number of carbonyl (C=O) groups excluding carboxylic acids is 1. The van der Waals surface area contributed by atoms with E-state index in [9.17, 15) is 4.79 Å². The first-order valence-electron chi connectivity index (χ1n) is 9.79. The van der Waals surface area contributed by atoms with Crippen LogP contribution in [0.4, 0.5) is 5.13 Å². The van der Waals surface area contributed by atoms with E-state index in [1.54, 1.807) is 12.0 Å². The van der Waals surface area contributed by atoms with Crippen molar-refractivity contribution in [3.05, 3.63) is 47.0 Å².